The van der Waals surface area contributed by atoms with E-state index in [1.807, 2.05) is 23.2 Å². The standard InChI is InChI=1S/C11H15NOS3/c13-11(10-5-8(14)7-16-10)12-6-9-3-1-2-4-15-9/h5,7,9,14H,1-4,6H2,(H,12,13). The molecule has 0 radical (unpaired) electrons. The number of thiophene rings is 1. The van der Waals surface area contributed by atoms with Crippen LogP contribution in [-0.2, 0) is 0 Å². The molecule has 1 fully saturated rings. The lowest BCUT2D eigenvalue weighted by atomic mass is 10.2. The van der Waals surface area contributed by atoms with Gasteiger partial charge in [-0.1, -0.05) is 6.42 Å². The number of carbonyl (C=O) groups is 1. The summed E-state index contributed by atoms with van der Waals surface area (Å²) in [6.45, 7) is 0.795. The first kappa shape index (κ1) is 12.3. The van der Waals surface area contributed by atoms with Crippen molar-refractivity contribution in [3.05, 3.63) is 16.3 Å². The number of hydrogen-bond donors (Lipinski definition) is 2. The van der Waals surface area contributed by atoms with Crippen molar-refractivity contribution in [1.82, 2.24) is 5.32 Å². The van der Waals surface area contributed by atoms with Crippen molar-refractivity contribution in [2.45, 2.75) is 29.4 Å². The quantitative estimate of drug-likeness (QED) is 0.829. The Morgan fingerprint density at radius 3 is 3.06 bits per heavy atom. The van der Waals surface area contributed by atoms with E-state index >= 15 is 0 Å². The van der Waals surface area contributed by atoms with Gasteiger partial charge in [-0.15, -0.1) is 24.0 Å². The first-order chi connectivity index (χ1) is 7.75. The number of rotatable bonds is 3. The molecule has 1 atom stereocenters. The maximum Gasteiger partial charge on any atom is 0.261 e. The van der Waals surface area contributed by atoms with Crippen molar-refractivity contribution < 1.29 is 4.79 Å². The summed E-state index contributed by atoms with van der Waals surface area (Å²) < 4.78 is 0. The van der Waals surface area contributed by atoms with Gasteiger partial charge in [-0.3, -0.25) is 4.79 Å². The van der Waals surface area contributed by atoms with Crippen LogP contribution in [0.25, 0.3) is 0 Å². The predicted molar refractivity (Wildman–Crippen MR) is 74.0 cm³/mol. The molecule has 0 bridgehead atoms. The highest BCUT2D eigenvalue weighted by atomic mass is 32.2. The molecule has 1 aromatic rings. The van der Waals surface area contributed by atoms with Gasteiger partial charge in [0.05, 0.1) is 4.88 Å². The average molecular weight is 273 g/mol. The first-order valence-corrected chi connectivity index (χ1v) is 7.80. The third-order valence-electron chi connectivity index (χ3n) is 2.57. The van der Waals surface area contributed by atoms with Crippen LogP contribution in [-0.4, -0.2) is 23.5 Å². The van der Waals surface area contributed by atoms with Gasteiger partial charge in [0.1, 0.15) is 0 Å². The summed E-state index contributed by atoms with van der Waals surface area (Å²) >= 11 is 7.62. The Hall–Kier alpha value is -0.130. The third kappa shape index (κ3) is 3.43. The monoisotopic (exact) mass is 273 g/mol. The Morgan fingerprint density at radius 1 is 1.56 bits per heavy atom. The van der Waals surface area contributed by atoms with E-state index in [9.17, 15) is 4.79 Å². The summed E-state index contributed by atoms with van der Waals surface area (Å²) in [6, 6.07) is 1.82. The number of thioether (sulfide) groups is 1. The molecule has 0 saturated carbocycles. The lowest BCUT2D eigenvalue weighted by Crippen LogP contribution is -2.31. The van der Waals surface area contributed by atoms with Gasteiger partial charge in [-0.2, -0.15) is 11.8 Å². The Balaban J connectivity index is 1.79. The van der Waals surface area contributed by atoms with Crippen LogP contribution in [0.1, 0.15) is 28.9 Å². The van der Waals surface area contributed by atoms with Crippen LogP contribution in [0.2, 0.25) is 0 Å². The molecule has 88 valence electrons. The van der Waals surface area contributed by atoms with Gasteiger partial charge in [0, 0.05) is 22.1 Å². The maximum absolute atomic E-state index is 11.8. The summed E-state index contributed by atoms with van der Waals surface area (Å²) in [7, 11) is 0. The number of carbonyl (C=O) groups excluding carboxylic acids is 1. The fourth-order valence-corrected chi connectivity index (χ4v) is 4.01. The van der Waals surface area contributed by atoms with E-state index in [0.29, 0.717) is 5.25 Å². The molecule has 0 aliphatic carbocycles. The van der Waals surface area contributed by atoms with Crippen LogP contribution in [0.4, 0.5) is 0 Å². The molecule has 2 nitrogen and oxygen atoms in total. The summed E-state index contributed by atoms with van der Waals surface area (Å²) in [5.74, 6) is 1.27. The van der Waals surface area contributed by atoms with Crippen molar-refractivity contribution in [2.75, 3.05) is 12.3 Å². The fraction of sp³-hybridized carbons (Fsp3) is 0.545. The zero-order valence-corrected chi connectivity index (χ0v) is 11.5. The zero-order chi connectivity index (χ0) is 11.4. The van der Waals surface area contributed by atoms with Crippen molar-refractivity contribution >= 4 is 41.6 Å². The molecule has 0 aromatic carbocycles. The zero-order valence-electron chi connectivity index (χ0n) is 8.94. The molecule has 1 aliphatic rings. The first-order valence-electron chi connectivity index (χ1n) is 5.43. The van der Waals surface area contributed by atoms with Crippen LogP contribution in [0.5, 0.6) is 0 Å². The highest BCUT2D eigenvalue weighted by molar-refractivity contribution is 7.99. The van der Waals surface area contributed by atoms with Gasteiger partial charge in [0.2, 0.25) is 0 Å². The van der Waals surface area contributed by atoms with Crippen molar-refractivity contribution in [1.29, 1.82) is 0 Å². The smallest absolute Gasteiger partial charge is 0.261 e. The minimum absolute atomic E-state index is 0.0384. The molecule has 1 aliphatic heterocycles. The summed E-state index contributed by atoms with van der Waals surface area (Å²) in [5, 5.41) is 5.49. The highest BCUT2D eigenvalue weighted by Gasteiger charge is 2.15. The second-order valence-corrected chi connectivity index (χ2v) is 6.70. The van der Waals surface area contributed by atoms with E-state index in [0.717, 1.165) is 16.3 Å². The van der Waals surface area contributed by atoms with Gasteiger partial charge < -0.3 is 5.32 Å². The van der Waals surface area contributed by atoms with E-state index in [-0.39, 0.29) is 5.91 Å². The number of thiol groups is 1. The number of amides is 1. The molecular weight excluding hydrogens is 258 g/mol. The van der Waals surface area contributed by atoms with Gasteiger partial charge in [0.25, 0.3) is 5.91 Å². The average Bonchev–Trinajstić information content (AvgIpc) is 2.74. The van der Waals surface area contributed by atoms with E-state index in [2.05, 4.69) is 17.9 Å². The predicted octanol–water partition coefficient (Wildman–Crippen LogP) is 3.05. The van der Waals surface area contributed by atoms with Gasteiger partial charge in [0.15, 0.2) is 0 Å². The molecule has 5 heteroatoms. The third-order valence-corrected chi connectivity index (χ3v) is 5.33. The lowest BCUT2D eigenvalue weighted by Gasteiger charge is -2.21. The molecule has 2 heterocycles. The van der Waals surface area contributed by atoms with Gasteiger partial charge in [-0.05, 0) is 24.7 Å². The Kier molecular flexibility index (Phi) is 4.61. The van der Waals surface area contributed by atoms with E-state index in [1.54, 1.807) is 0 Å². The Labute approximate surface area is 110 Å². The molecule has 2 rings (SSSR count). The van der Waals surface area contributed by atoms with E-state index in [1.165, 1.54) is 36.4 Å². The molecule has 1 N–H and O–H groups in total. The van der Waals surface area contributed by atoms with Crippen molar-refractivity contribution in [3.8, 4) is 0 Å². The van der Waals surface area contributed by atoms with Crippen molar-refractivity contribution in [2.24, 2.45) is 0 Å². The Bertz CT molecular complexity index is 358. The van der Waals surface area contributed by atoms with Crippen LogP contribution >= 0.6 is 35.7 Å². The van der Waals surface area contributed by atoms with Gasteiger partial charge >= 0.3 is 0 Å². The van der Waals surface area contributed by atoms with Crippen LogP contribution < -0.4 is 5.32 Å². The van der Waals surface area contributed by atoms with Crippen molar-refractivity contribution in [3.63, 3.8) is 0 Å². The minimum Gasteiger partial charge on any atom is -0.350 e. The normalized spacial score (nSPS) is 20.7. The molecule has 1 aromatic heterocycles. The summed E-state index contributed by atoms with van der Waals surface area (Å²) in [4.78, 5) is 13.4. The molecule has 1 unspecified atom stereocenters. The van der Waals surface area contributed by atoms with E-state index < -0.39 is 0 Å². The second-order valence-electron chi connectivity index (χ2n) is 3.87. The molecule has 1 saturated heterocycles. The number of hydrogen-bond acceptors (Lipinski definition) is 4. The summed E-state index contributed by atoms with van der Waals surface area (Å²) in [6.07, 6.45) is 3.85. The van der Waals surface area contributed by atoms with Crippen LogP contribution in [0.3, 0.4) is 0 Å². The lowest BCUT2D eigenvalue weighted by molar-refractivity contribution is 0.0957. The highest BCUT2D eigenvalue weighted by Crippen LogP contribution is 2.24. The SMILES string of the molecule is O=C(NCC1CCCCS1)c1cc(S)cs1. The van der Waals surface area contributed by atoms with Crippen LogP contribution in [0.15, 0.2) is 16.3 Å². The summed E-state index contributed by atoms with van der Waals surface area (Å²) in [5.41, 5.74) is 0. The fourth-order valence-electron chi connectivity index (χ4n) is 1.71. The molecule has 16 heavy (non-hydrogen) atoms. The topological polar surface area (TPSA) is 29.1 Å². The maximum atomic E-state index is 11.8. The molecular formula is C11H15NOS3. The van der Waals surface area contributed by atoms with E-state index in [4.69, 9.17) is 0 Å². The molecule has 0 spiro atoms. The number of nitrogens with one attached hydrogen (secondary N) is 1. The Morgan fingerprint density at radius 2 is 2.44 bits per heavy atom. The minimum atomic E-state index is 0.0384. The van der Waals surface area contributed by atoms with Crippen LogP contribution in [0, 0.1) is 0 Å². The van der Waals surface area contributed by atoms with Gasteiger partial charge in [-0.25, -0.2) is 0 Å². The molecule has 1 amide bonds. The largest absolute Gasteiger partial charge is 0.350 e. The second kappa shape index (κ2) is 5.98.